The van der Waals surface area contributed by atoms with Crippen molar-refractivity contribution in [2.45, 2.75) is 26.2 Å². The minimum Gasteiger partial charge on any atom is -0.340 e. The minimum atomic E-state index is 0.202. The average Bonchev–Trinajstić information content (AvgIpc) is 2.11. The van der Waals surface area contributed by atoms with Gasteiger partial charge in [-0.25, -0.2) is 0 Å². The van der Waals surface area contributed by atoms with E-state index in [0.717, 1.165) is 3.95 Å². The molecule has 0 saturated heterocycles. The molecule has 0 atom stereocenters. The van der Waals surface area contributed by atoms with Crippen LogP contribution < -0.4 is 0 Å². The first-order valence-corrected chi connectivity index (χ1v) is 4.47. The van der Waals surface area contributed by atoms with Crippen LogP contribution in [0.2, 0.25) is 0 Å². The molecule has 1 aromatic rings. The van der Waals surface area contributed by atoms with Crippen LogP contribution in [0.3, 0.4) is 0 Å². The molecule has 1 nitrogen and oxygen atoms in total. The van der Waals surface area contributed by atoms with Crippen molar-refractivity contribution in [3.63, 3.8) is 0 Å². The molecule has 0 saturated carbocycles. The summed E-state index contributed by atoms with van der Waals surface area (Å²) in [6, 6.07) is 0. The smallest absolute Gasteiger partial charge is 0.158 e. The lowest BCUT2D eigenvalue weighted by Crippen LogP contribution is -2.10. The van der Waals surface area contributed by atoms with Crippen LogP contribution in [-0.4, -0.2) is 4.98 Å². The van der Waals surface area contributed by atoms with Crippen LogP contribution in [0.4, 0.5) is 0 Å². The van der Waals surface area contributed by atoms with Crippen LogP contribution in [0.1, 0.15) is 26.5 Å². The molecular weight excluding hydrogens is 162 g/mol. The van der Waals surface area contributed by atoms with Crippen LogP contribution >= 0.6 is 23.6 Å². The van der Waals surface area contributed by atoms with E-state index < -0.39 is 0 Å². The van der Waals surface area contributed by atoms with Crippen LogP contribution in [0.25, 0.3) is 0 Å². The summed E-state index contributed by atoms with van der Waals surface area (Å²) in [6.07, 6.45) is 0. The van der Waals surface area contributed by atoms with E-state index in [4.69, 9.17) is 12.2 Å². The van der Waals surface area contributed by atoms with Gasteiger partial charge in [0, 0.05) is 16.5 Å². The van der Waals surface area contributed by atoms with Gasteiger partial charge >= 0.3 is 0 Å². The molecule has 0 unspecified atom stereocenters. The SMILES string of the molecule is CC(C)(C)c1csc(=S)[nH]1. The van der Waals surface area contributed by atoms with Crippen molar-refractivity contribution in [3.8, 4) is 0 Å². The Morgan fingerprint density at radius 2 is 2.10 bits per heavy atom. The summed E-state index contributed by atoms with van der Waals surface area (Å²) < 4.78 is 0.866. The topological polar surface area (TPSA) is 15.8 Å². The molecule has 56 valence electrons. The Hall–Kier alpha value is -0.150. The summed E-state index contributed by atoms with van der Waals surface area (Å²) in [5.74, 6) is 0. The van der Waals surface area contributed by atoms with E-state index in [1.54, 1.807) is 11.3 Å². The minimum absolute atomic E-state index is 0.202. The van der Waals surface area contributed by atoms with Crippen LogP contribution in [0, 0.1) is 3.95 Å². The third-order valence-corrected chi connectivity index (χ3v) is 2.39. The third-order valence-electron chi connectivity index (χ3n) is 1.33. The lowest BCUT2D eigenvalue weighted by molar-refractivity contribution is 0.572. The van der Waals surface area contributed by atoms with Gasteiger partial charge in [-0.2, -0.15) is 0 Å². The van der Waals surface area contributed by atoms with Gasteiger partial charge in [0.2, 0.25) is 0 Å². The Kier molecular flexibility index (Phi) is 1.97. The zero-order chi connectivity index (χ0) is 7.78. The lowest BCUT2D eigenvalue weighted by Gasteiger charge is -2.14. The molecule has 1 aromatic heterocycles. The molecule has 0 aromatic carbocycles. The molecule has 0 amide bonds. The van der Waals surface area contributed by atoms with Gasteiger partial charge in [0.1, 0.15) is 0 Å². The van der Waals surface area contributed by atoms with E-state index in [2.05, 4.69) is 31.1 Å². The number of hydrogen-bond donors (Lipinski definition) is 1. The van der Waals surface area contributed by atoms with Gasteiger partial charge in [0.15, 0.2) is 3.95 Å². The second kappa shape index (κ2) is 2.47. The standard InChI is InChI=1S/C7H11NS2/c1-7(2,3)5-4-10-6(9)8-5/h4H,1-3H3,(H,8,9). The summed E-state index contributed by atoms with van der Waals surface area (Å²) in [6.45, 7) is 6.50. The Balaban J connectivity index is 3.07. The first kappa shape index (κ1) is 7.95. The van der Waals surface area contributed by atoms with Crippen molar-refractivity contribution in [1.29, 1.82) is 0 Å². The molecule has 0 aliphatic heterocycles. The number of nitrogens with one attached hydrogen (secondary N) is 1. The zero-order valence-electron chi connectivity index (χ0n) is 6.39. The molecule has 1 heterocycles. The maximum absolute atomic E-state index is 4.96. The summed E-state index contributed by atoms with van der Waals surface area (Å²) in [5.41, 5.74) is 1.43. The van der Waals surface area contributed by atoms with E-state index in [0.29, 0.717) is 0 Å². The second-order valence-electron chi connectivity index (χ2n) is 3.31. The fraction of sp³-hybridized carbons (Fsp3) is 0.571. The predicted molar refractivity (Wildman–Crippen MR) is 48.2 cm³/mol. The highest BCUT2D eigenvalue weighted by atomic mass is 32.1. The van der Waals surface area contributed by atoms with Crippen molar-refractivity contribution < 1.29 is 0 Å². The third kappa shape index (κ3) is 1.67. The maximum atomic E-state index is 4.96. The van der Waals surface area contributed by atoms with E-state index in [1.165, 1.54) is 5.69 Å². The number of aromatic nitrogens is 1. The van der Waals surface area contributed by atoms with E-state index in [-0.39, 0.29) is 5.41 Å². The van der Waals surface area contributed by atoms with Gasteiger partial charge in [-0.1, -0.05) is 20.8 Å². The Morgan fingerprint density at radius 3 is 2.30 bits per heavy atom. The number of aromatic amines is 1. The fourth-order valence-corrected chi connectivity index (χ4v) is 1.71. The second-order valence-corrected chi connectivity index (χ2v) is 4.86. The molecule has 1 N–H and O–H groups in total. The Morgan fingerprint density at radius 1 is 1.50 bits per heavy atom. The number of hydrogen-bond acceptors (Lipinski definition) is 2. The first-order chi connectivity index (χ1) is 4.50. The highest BCUT2D eigenvalue weighted by Gasteiger charge is 2.14. The highest BCUT2D eigenvalue weighted by molar-refractivity contribution is 7.73. The number of thiazole rings is 1. The monoisotopic (exact) mass is 173 g/mol. The van der Waals surface area contributed by atoms with Gasteiger partial charge < -0.3 is 4.98 Å². The molecule has 1 rings (SSSR count). The van der Waals surface area contributed by atoms with Crippen LogP contribution in [0.5, 0.6) is 0 Å². The van der Waals surface area contributed by atoms with Crippen LogP contribution in [0.15, 0.2) is 5.38 Å². The Bertz CT molecular complexity index is 264. The van der Waals surface area contributed by atoms with Gasteiger partial charge in [0.25, 0.3) is 0 Å². The van der Waals surface area contributed by atoms with E-state index >= 15 is 0 Å². The van der Waals surface area contributed by atoms with Crippen molar-refractivity contribution in [2.75, 3.05) is 0 Å². The van der Waals surface area contributed by atoms with Gasteiger partial charge in [-0.3, -0.25) is 0 Å². The van der Waals surface area contributed by atoms with Crippen molar-refractivity contribution in [1.82, 2.24) is 4.98 Å². The molecular formula is C7H11NS2. The molecule has 0 radical (unpaired) electrons. The van der Waals surface area contributed by atoms with Gasteiger partial charge in [-0.15, -0.1) is 11.3 Å². The molecule has 0 bridgehead atoms. The largest absolute Gasteiger partial charge is 0.340 e. The zero-order valence-corrected chi connectivity index (χ0v) is 8.03. The number of rotatable bonds is 0. The lowest BCUT2D eigenvalue weighted by atomic mass is 9.93. The van der Waals surface area contributed by atoms with Crippen LogP contribution in [-0.2, 0) is 5.41 Å². The van der Waals surface area contributed by atoms with Gasteiger partial charge in [-0.05, 0) is 12.2 Å². The first-order valence-electron chi connectivity index (χ1n) is 3.18. The molecule has 0 spiro atoms. The van der Waals surface area contributed by atoms with E-state index in [1.807, 2.05) is 0 Å². The molecule has 10 heavy (non-hydrogen) atoms. The number of H-pyrrole nitrogens is 1. The van der Waals surface area contributed by atoms with E-state index in [9.17, 15) is 0 Å². The normalized spacial score (nSPS) is 11.9. The summed E-state index contributed by atoms with van der Waals surface area (Å²) in [4.78, 5) is 3.15. The van der Waals surface area contributed by atoms with Crippen molar-refractivity contribution in [2.24, 2.45) is 0 Å². The summed E-state index contributed by atoms with van der Waals surface area (Å²) in [5, 5.41) is 2.09. The maximum Gasteiger partial charge on any atom is 0.158 e. The molecule has 0 aliphatic carbocycles. The molecule has 0 aliphatic rings. The predicted octanol–water partition coefficient (Wildman–Crippen LogP) is 3.10. The molecule has 0 fully saturated rings. The summed E-state index contributed by atoms with van der Waals surface area (Å²) in [7, 11) is 0. The van der Waals surface area contributed by atoms with Crippen molar-refractivity contribution >= 4 is 23.6 Å². The molecule has 3 heteroatoms. The van der Waals surface area contributed by atoms with Crippen molar-refractivity contribution in [3.05, 3.63) is 15.0 Å². The highest BCUT2D eigenvalue weighted by Crippen LogP contribution is 2.21. The fourth-order valence-electron chi connectivity index (χ4n) is 0.646. The van der Waals surface area contributed by atoms with Gasteiger partial charge in [0.05, 0.1) is 0 Å². The Labute approximate surface area is 70.1 Å². The summed E-state index contributed by atoms with van der Waals surface area (Å²) >= 11 is 6.56. The quantitative estimate of drug-likeness (QED) is 0.596. The average molecular weight is 173 g/mol.